The van der Waals surface area contributed by atoms with Crippen molar-refractivity contribution in [1.82, 2.24) is 15.1 Å². The molecule has 0 saturated carbocycles. The molecule has 5 heteroatoms. The summed E-state index contributed by atoms with van der Waals surface area (Å²) in [5, 5.41) is 7.34. The molecule has 1 amide bonds. The zero-order valence-electron chi connectivity index (χ0n) is 15.1. The molecule has 1 atom stereocenters. The first kappa shape index (κ1) is 17.1. The second-order valence-electron chi connectivity index (χ2n) is 6.71. The van der Waals surface area contributed by atoms with E-state index in [0.717, 1.165) is 24.6 Å². The van der Waals surface area contributed by atoms with Gasteiger partial charge in [-0.15, -0.1) is 0 Å². The highest BCUT2D eigenvalue weighted by Crippen LogP contribution is 2.32. The van der Waals surface area contributed by atoms with Crippen LogP contribution in [0.25, 0.3) is 11.1 Å². The summed E-state index contributed by atoms with van der Waals surface area (Å²) in [7, 11) is 0. The van der Waals surface area contributed by atoms with Crippen LogP contribution in [0.2, 0.25) is 0 Å². The van der Waals surface area contributed by atoms with Gasteiger partial charge < -0.3 is 10.2 Å². The van der Waals surface area contributed by atoms with E-state index in [9.17, 15) is 4.79 Å². The van der Waals surface area contributed by atoms with Crippen molar-refractivity contribution < 1.29 is 4.79 Å². The minimum absolute atomic E-state index is 0.139. The smallest absolute Gasteiger partial charge is 0.243 e. The van der Waals surface area contributed by atoms with E-state index < -0.39 is 0 Å². The molecule has 1 aromatic heterocycles. The van der Waals surface area contributed by atoms with Crippen molar-refractivity contribution >= 4 is 17.4 Å². The van der Waals surface area contributed by atoms with Crippen molar-refractivity contribution in [3.8, 4) is 11.1 Å². The topological polar surface area (TPSA) is 50.2 Å². The summed E-state index contributed by atoms with van der Waals surface area (Å²) in [6.45, 7) is 5.72. The molecule has 0 aliphatic carbocycles. The molecule has 1 aliphatic heterocycles. The molecule has 27 heavy (non-hydrogen) atoms. The van der Waals surface area contributed by atoms with Gasteiger partial charge in [-0.05, 0) is 29.3 Å². The number of anilines is 2. The Morgan fingerprint density at radius 3 is 2.56 bits per heavy atom. The zero-order valence-corrected chi connectivity index (χ0v) is 15.1. The first-order valence-corrected chi connectivity index (χ1v) is 9.09. The maximum absolute atomic E-state index is 11.5. The number of benzene rings is 2. The molecule has 3 aromatic rings. The van der Waals surface area contributed by atoms with Gasteiger partial charge in [0.05, 0.1) is 6.20 Å². The number of nitrogens with one attached hydrogen (secondary N) is 1. The van der Waals surface area contributed by atoms with Crippen molar-refractivity contribution in [3.63, 3.8) is 0 Å². The molecule has 1 aliphatic rings. The van der Waals surface area contributed by atoms with E-state index in [2.05, 4.69) is 70.4 Å². The van der Waals surface area contributed by atoms with Gasteiger partial charge in [0.25, 0.3) is 0 Å². The Morgan fingerprint density at radius 2 is 1.81 bits per heavy atom. The molecule has 0 radical (unpaired) electrons. The van der Waals surface area contributed by atoms with Gasteiger partial charge in [-0.25, -0.2) is 4.68 Å². The number of fused-ring (bicyclic) bond motifs is 1. The predicted octanol–water partition coefficient (Wildman–Crippen LogP) is 3.62. The number of carbonyl (C=O) groups excluding carboxylic acids is 1. The van der Waals surface area contributed by atoms with E-state index in [0.29, 0.717) is 6.54 Å². The molecule has 0 spiro atoms. The normalized spacial score (nSPS) is 15.9. The highest BCUT2D eigenvalue weighted by molar-refractivity contribution is 5.86. The number of hydrogen-bond donors (Lipinski definition) is 1. The van der Waals surface area contributed by atoms with E-state index in [-0.39, 0.29) is 11.8 Å². The van der Waals surface area contributed by atoms with Crippen LogP contribution in [0.3, 0.4) is 0 Å². The van der Waals surface area contributed by atoms with Crippen LogP contribution in [-0.4, -0.2) is 28.8 Å². The Hall–Kier alpha value is -3.34. The molecule has 0 unspecified atom stereocenters. The van der Waals surface area contributed by atoms with E-state index >= 15 is 0 Å². The SMILES string of the molecule is C=CC(=O)NC[C@H]1CN(c2ccc(-c3ccccc3)cc2)c2ccnn2C1. The second kappa shape index (κ2) is 7.50. The summed E-state index contributed by atoms with van der Waals surface area (Å²) >= 11 is 0. The van der Waals surface area contributed by atoms with Crippen LogP contribution in [0.1, 0.15) is 0 Å². The lowest BCUT2D eigenvalue weighted by Crippen LogP contribution is -2.41. The summed E-state index contributed by atoms with van der Waals surface area (Å²) in [5.74, 6) is 1.21. The Morgan fingerprint density at radius 1 is 1.07 bits per heavy atom. The molecule has 0 fully saturated rings. The summed E-state index contributed by atoms with van der Waals surface area (Å²) in [5.41, 5.74) is 3.52. The van der Waals surface area contributed by atoms with Crippen LogP contribution in [0, 0.1) is 5.92 Å². The molecule has 0 saturated heterocycles. The van der Waals surface area contributed by atoms with Crippen LogP contribution in [0.4, 0.5) is 11.5 Å². The summed E-state index contributed by atoms with van der Waals surface area (Å²) in [4.78, 5) is 13.8. The highest BCUT2D eigenvalue weighted by atomic mass is 16.1. The van der Waals surface area contributed by atoms with E-state index in [4.69, 9.17) is 0 Å². The number of carbonyl (C=O) groups is 1. The van der Waals surface area contributed by atoms with Gasteiger partial charge in [0.1, 0.15) is 5.82 Å². The molecular formula is C22H22N4O. The standard InChI is InChI=1S/C22H22N4O/c1-2-21(27)23-14-17-15-25(22-12-13-24-26(22)16-17)20-10-8-19(9-11-20)18-6-4-3-5-7-18/h2-13,17H,1,14-16H2,(H,23,27)/t17-/m0/s1. The van der Waals surface area contributed by atoms with Gasteiger partial charge in [0.15, 0.2) is 0 Å². The molecule has 136 valence electrons. The van der Waals surface area contributed by atoms with Gasteiger partial charge in [-0.3, -0.25) is 4.79 Å². The van der Waals surface area contributed by atoms with Crippen LogP contribution in [0.5, 0.6) is 0 Å². The van der Waals surface area contributed by atoms with E-state index in [1.54, 1.807) is 0 Å². The van der Waals surface area contributed by atoms with Crippen LogP contribution < -0.4 is 10.2 Å². The largest absolute Gasteiger partial charge is 0.352 e. The monoisotopic (exact) mass is 358 g/mol. The Kier molecular flexibility index (Phi) is 4.75. The maximum Gasteiger partial charge on any atom is 0.243 e. The minimum Gasteiger partial charge on any atom is -0.352 e. The van der Waals surface area contributed by atoms with Gasteiger partial charge in [0, 0.05) is 37.3 Å². The van der Waals surface area contributed by atoms with Crippen molar-refractivity contribution in [3.05, 3.63) is 79.5 Å². The molecule has 0 bridgehead atoms. The van der Waals surface area contributed by atoms with Gasteiger partial charge >= 0.3 is 0 Å². The molecule has 2 heterocycles. The first-order chi connectivity index (χ1) is 13.2. The van der Waals surface area contributed by atoms with E-state index in [1.165, 1.54) is 17.2 Å². The lowest BCUT2D eigenvalue weighted by atomic mass is 10.0. The van der Waals surface area contributed by atoms with Gasteiger partial charge in [-0.2, -0.15) is 5.10 Å². The van der Waals surface area contributed by atoms with Crippen molar-refractivity contribution in [2.45, 2.75) is 6.54 Å². The molecule has 5 nitrogen and oxygen atoms in total. The number of aromatic nitrogens is 2. The van der Waals surface area contributed by atoms with Gasteiger partial charge in [-0.1, -0.05) is 49.0 Å². The molecule has 2 aromatic carbocycles. The highest BCUT2D eigenvalue weighted by Gasteiger charge is 2.26. The fourth-order valence-corrected chi connectivity index (χ4v) is 3.50. The van der Waals surface area contributed by atoms with Crippen molar-refractivity contribution in [1.29, 1.82) is 0 Å². The van der Waals surface area contributed by atoms with Gasteiger partial charge in [0.2, 0.25) is 5.91 Å². The average Bonchev–Trinajstić information content (AvgIpc) is 3.21. The number of rotatable bonds is 5. The van der Waals surface area contributed by atoms with E-state index in [1.807, 2.05) is 23.0 Å². The predicted molar refractivity (Wildman–Crippen MR) is 108 cm³/mol. The second-order valence-corrected chi connectivity index (χ2v) is 6.71. The third kappa shape index (κ3) is 3.62. The Balaban J connectivity index is 1.56. The quantitative estimate of drug-likeness (QED) is 0.709. The maximum atomic E-state index is 11.5. The number of nitrogens with zero attached hydrogens (tertiary/aromatic N) is 3. The molecular weight excluding hydrogens is 336 g/mol. The van der Waals surface area contributed by atoms with Crippen molar-refractivity contribution in [2.75, 3.05) is 18.0 Å². The summed E-state index contributed by atoms with van der Waals surface area (Å²) in [6, 6.07) is 21.0. The lowest BCUT2D eigenvalue weighted by Gasteiger charge is -2.35. The third-order valence-electron chi connectivity index (χ3n) is 4.88. The van der Waals surface area contributed by atoms with Crippen LogP contribution in [0.15, 0.2) is 79.5 Å². The first-order valence-electron chi connectivity index (χ1n) is 9.09. The van der Waals surface area contributed by atoms with Crippen molar-refractivity contribution in [2.24, 2.45) is 5.92 Å². The molecule has 4 rings (SSSR count). The number of hydrogen-bond acceptors (Lipinski definition) is 3. The Labute approximate surface area is 158 Å². The fourth-order valence-electron chi connectivity index (χ4n) is 3.50. The fraction of sp³-hybridized carbons (Fsp3) is 0.182. The van der Waals surface area contributed by atoms with Crippen LogP contribution in [-0.2, 0) is 11.3 Å². The molecule has 1 N–H and O–H groups in total. The Bertz CT molecular complexity index is 930. The minimum atomic E-state index is -0.139. The summed E-state index contributed by atoms with van der Waals surface area (Å²) < 4.78 is 2.00. The average molecular weight is 358 g/mol. The zero-order chi connectivity index (χ0) is 18.6. The van der Waals surface area contributed by atoms with Crippen LogP contribution >= 0.6 is 0 Å². The number of amides is 1. The third-order valence-corrected chi connectivity index (χ3v) is 4.88. The lowest BCUT2D eigenvalue weighted by molar-refractivity contribution is -0.116. The summed E-state index contributed by atoms with van der Waals surface area (Å²) in [6.07, 6.45) is 3.13.